The van der Waals surface area contributed by atoms with Crippen LogP contribution in [0, 0.1) is 12.3 Å². The molecule has 0 radical (unpaired) electrons. The fourth-order valence-corrected chi connectivity index (χ4v) is 1.35. The number of amides is 1. The van der Waals surface area contributed by atoms with E-state index in [1.807, 2.05) is 27.7 Å². The second-order valence-electron chi connectivity index (χ2n) is 3.68. The topological polar surface area (TPSA) is 32.3 Å². The third-order valence-electron chi connectivity index (χ3n) is 2.10. The van der Waals surface area contributed by atoms with Crippen molar-refractivity contribution in [1.29, 1.82) is 0 Å². The van der Waals surface area contributed by atoms with E-state index >= 15 is 0 Å². The monoisotopic (exact) mass is 196 g/mol. The first-order valence-electron chi connectivity index (χ1n) is 4.97. The van der Waals surface area contributed by atoms with Gasteiger partial charge in [-0.3, -0.25) is 4.79 Å². The maximum Gasteiger partial charge on any atom is 0.243 e. The average molecular weight is 196 g/mol. The van der Waals surface area contributed by atoms with Crippen LogP contribution in [0.4, 0.5) is 0 Å². The molecule has 0 aromatic rings. The minimum absolute atomic E-state index is 0.0554. The smallest absolute Gasteiger partial charge is 0.243 e. The Morgan fingerprint density at radius 2 is 2.07 bits per heavy atom. The van der Waals surface area contributed by atoms with Crippen LogP contribution in [0.5, 0.6) is 0 Å². The highest BCUT2D eigenvalue weighted by Crippen LogP contribution is 2.07. The molecule has 0 fully saturated rings. The summed E-state index contributed by atoms with van der Waals surface area (Å²) in [6, 6.07) is 0. The van der Waals surface area contributed by atoms with Crippen LogP contribution in [0.3, 0.4) is 0 Å². The van der Waals surface area contributed by atoms with Crippen LogP contribution in [0.25, 0.3) is 0 Å². The molecular formula is C11H20N2O. The van der Waals surface area contributed by atoms with Gasteiger partial charge in [-0.05, 0) is 27.3 Å². The van der Waals surface area contributed by atoms with E-state index in [1.165, 1.54) is 0 Å². The number of nitrogens with zero attached hydrogens (tertiary/aromatic N) is 1. The molecule has 1 amide bonds. The van der Waals surface area contributed by atoms with Crippen molar-refractivity contribution in [2.45, 2.75) is 33.2 Å². The second kappa shape index (κ2) is 5.66. The molecule has 0 aromatic heterocycles. The molecule has 0 aromatic carbocycles. The van der Waals surface area contributed by atoms with Crippen molar-refractivity contribution in [1.82, 2.24) is 10.2 Å². The highest BCUT2D eigenvalue weighted by atomic mass is 16.2. The molecule has 3 heteroatoms. The first-order chi connectivity index (χ1) is 6.49. The van der Waals surface area contributed by atoms with Crippen LogP contribution < -0.4 is 5.32 Å². The Morgan fingerprint density at radius 3 is 2.43 bits per heavy atom. The van der Waals surface area contributed by atoms with E-state index in [0.29, 0.717) is 13.1 Å². The molecule has 0 atom stereocenters. The number of hydrogen-bond donors (Lipinski definition) is 1. The van der Waals surface area contributed by atoms with Crippen molar-refractivity contribution in [2.75, 3.05) is 19.6 Å². The summed E-state index contributed by atoms with van der Waals surface area (Å²) in [6.45, 7) is 9.45. The molecule has 0 saturated heterocycles. The molecule has 0 spiro atoms. The van der Waals surface area contributed by atoms with Crippen molar-refractivity contribution in [2.24, 2.45) is 0 Å². The number of terminal acetylenes is 1. The van der Waals surface area contributed by atoms with Gasteiger partial charge in [0, 0.05) is 6.54 Å². The van der Waals surface area contributed by atoms with Crippen LogP contribution in [-0.2, 0) is 4.79 Å². The van der Waals surface area contributed by atoms with Crippen LogP contribution in [0.2, 0.25) is 0 Å². The molecule has 0 aliphatic heterocycles. The summed E-state index contributed by atoms with van der Waals surface area (Å²) < 4.78 is 0. The fourth-order valence-electron chi connectivity index (χ4n) is 1.35. The van der Waals surface area contributed by atoms with Crippen molar-refractivity contribution >= 4 is 5.91 Å². The van der Waals surface area contributed by atoms with Crippen molar-refractivity contribution in [3.63, 3.8) is 0 Å². The average Bonchev–Trinajstić information content (AvgIpc) is 2.13. The number of likely N-dealkylation sites (N-methyl/N-ethyl adjacent to an activating group) is 2. The van der Waals surface area contributed by atoms with E-state index in [9.17, 15) is 4.79 Å². The summed E-state index contributed by atoms with van der Waals surface area (Å²) in [5, 5.41) is 3.14. The summed E-state index contributed by atoms with van der Waals surface area (Å²) >= 11 is 0. The van der Waals surface area contributed by atoms with E-state index in [-0.39, 0.29) is 5.91 Å². The van der Waals surface area contributed by atoms with E-state index in [0.717, 1.165) is 6.54 Å². The van der Waals surface area contributed by atoms with Gasteiger partial charge >= 0.3 is 0 Å². The zero-order valence-electron chi connectivity index (χ0n) is 9.55. The van der Waals surface area contributed by atoms with Gasteiger partial charge in [-0.1, -0.05) is 12.8 Å². The number of hydrogen-bond acceptors (Lipinski definition) is 2. The molecule has 0 saturated carbocycles. The maximum atomic E-state index is 11.9. The van der Waals surface area contributed by atoms with Gasteiger partial charge in [-0.25, -0.2) is 0 Å². The lowest BCUT2D eigenvalue weighted by atomic mass is 10.0. The minimum Gasteiger partial charge on any atom is -0.330 e. The molecule has 0 aliphatic rings. The van der Waals surface area contributed by atoms with Gasteiger partial charge in [0.2, 0.25) is 5.91 Å². The predicted molar refractivity (Wildman–Crippen MR) is 58.8 cm³/mol. The lowest BCUT2D eigenvalue weighted by molar-refractivity contribution is -0.136. The van der Waals surface area contributed by atoms with Crippen molar-refractivity contribution in [3.05, 3.63) is 0 Å². The standard InChI is InChI=1S/C11H20N2O/c1-6-9-13(8-3)10(14)11(4,5)12-7-2/h1,12H,7-9H2,2-5H3. The van der Waals surface area contributed by atoms with E-state index in [2.05, 4.69) is 11.2 Å². The molecule has 0 unspecified atom stereocenters. The number of rotatable bonds is 5. The Balaban J connectivity index is 4.49. The summed E-state index contributed by atoms with van der Waals surface area (Å²) in [7, 11) is 0. The lowest BCUT2D eigenvalue weighted by Gasteiger charge is -2.30. The summed E-state index contributed by atoms with van der Waals surface area (Å²) in [5.74, 6) is 2.55. The molecule has 1 N–H and O–H groups in total. The summed E-state index contributed by atoms with van der Waals surface area (Å²) in [6.07, 6.45) is 5.20. The SMILES string of the molecule is C#CCN(CC)C(=O)C(C)(C)NCC. The van der Waals surface area contributed by atoms with Gasteiger partial charge < -0.3 is 10.2 Å². The number of carbonyl (C=O) groups is 1. The molecule has 3 nitrogen and oxygen atoms in total. The van der Waals surface area contributed by atoms with Gasteiger partial charge in [0.25, 0.3) is 0 Å². The molecule has 0 rings (SSSR count). The Labute approximate surface area is 86.9 Å². The molecule has 0 aliphatic carbocycles. The fraction of sp³-hybridized carbons (Fsp3) is 0.727. The number of nitrogens with one attached hydrogen (secondary N) is 1. The Bertz CT molecular complexity index is 228. The third-order valence-corrected chi connectivity index (χ3v) is 2.10. The molecule has 80 valence electrons. The molecule has 14 heavy (non-hydrogen) atoms. The van der Waals surface area contributed by atoms with E-state index < -0.39 is 5.54 Å². The zero-order valence-corrected chi connectivity index (χ0v) is 9.55. The first kappa shape index (κ1) is 13.0. The quantitative estimate of drug-likeness (QED) is 0.661. The van der Waals surface area contributed by atoms with Gasteiger partial charge in [-0.2, -0.15) is 0 Å². The van der Waals surface area contributed by atoms with Crippen molar-refractivity contribution in [3.8, 4) is 12.3 Å². The van der Waals surface area contributed by atoms with Crippen LogP contribution in [0.15, 0.2) is 0 Å². The maximum absolute atomic E-state index is 11.9. The highest BCUT2D eigenvalue weighted by molar-refractivity contribution is 5.85. The summed E-state index contributed by atoms with van der Waals surface area (Å²) in [5.41, 5.74) is -0.526. The normalized spacial score (nSPS) is 10.8. The Hall–Kier alpha value is -1.01. The van der Waals surface area contributed by atoms with Gasteiger partial charge in [-0.15, -0.1) is 6.42 Å². The van der Waals surface area contributed by atoms with Crippen LogP contribution in [-0.4, -0.2) is 36.0 Å². The number of carbonyl (C=O) groups excluding carboxylic acids is 1. The predicted octanol–water partition coefficient (Wildman–Crippen LogP) is 0.856. The molecule has 0 bridgehead atoms. The van der Waals surface area contributed by atoms with Crippen LogP contribution in [0.1, 0.15) is 27.7 Å². The van der Waals surface area contributed by atoms with E-state index in [1.54, 1.807) is 4.90 Å². The molecular weight excluding hydrogens is 176 g/mol. The van der Waals surface area contributed by atoms with Gasteiger partial charge in [0.1, 0.15) is 0 Å². The lowest BCUT2D eigenvalue weighted by Crippen LogP contribution is -2.54. The van der Waals surface area contributed by atoms with Gasteiger partial charge in [0.15, 0.2) is 0 Å². The van der Waals surface area contributed by atoms with E-state index in [4.69, 9.17) is 6.42 Å². The highest BCUT2D eigenvalue weighted by Gasteiger charge is 2.29. The Kier molecular flexibility index (Phi) is 5.26. The first-order valence-corrected chi connectivity index (χ1v) is 4.97. The molecule has 0 heterocycles. The third kappa shape index (κ3) is 3.39. The van der Waals surface area contributed by atoms with Gasteiger partial charge in [0.05, 0.1) is 12.1 Å². The summed E-state index contributed by atoms with van der Waals surface area (Å²) in [4.78, 5) is 13.6. The minimum atomic E-state index is -0.526. The zero-order chi connectivity index (χ0) is 11.2. The largest absolute Gasteiger partial charge is 0.330 e. The van der Waals surface area contributed by atoms with Crippen molar-refractivity contribution < 1.29 is 4.79 Å². The second-order valence-corrected chi connectivity index (χ2v) is 3.68. The Morgan fingerprint density at radius 1 is 1.50 bits per heavy atom. The van der Waals surface area contributed by atoms with Crippen LogP contribution >= 0.6 is 0 Å².